The summed E-state index contributed by atoms with van der Waals surface area (Å²) in [6.45, 7) is 2.20. The third kappa shape index (κ3) is 2.48. The third-order valence-electron chi connectivity index (χ3n) is 3.36. The van der Waals surface area contributed by atoms with Gasteiger partial charge in [-0.2, -0.15) is 0 Å². The summed E-state index contributed by atoms with van der Waals surface area (Å²) in [6.07, 6.45) is 4.33. The van der Waals surface area contributed by atoms with Crippen LogP contribution < -0.4 is 5.32 Å². The zero-order valence-electron chi connectivity index (χ0n) is 8.70. The van der Waals surface area contributed by atoms with Crippen LogP contribution in [0.1, 0.15) is 32.6 Å². The first-order valence-electron chi connectivity index (χ1n) is 5.57. The minimum Gasteiger partial charge on any atom is -0.310 e. The molecule has 1 saturated heterocycles. The van der Waals surface area contributed by atoms with Crippen LogP contribution in [0, 0.1) is 5.92 Å². The van der Waals surface area contributed by atoms with E-state index in [9.17, 15) is 8.42 Å². The lowest BCUT2D eigenvalue weighted by molar-refractivity contribution is 0.466. The fourth-order valence-electron chi connectivity index (χ4n) is 2.36. The molecule has 0 radical (unpaired) electrons. The van der Waals surface area contributed by atoms with Crippen molar-refractivity contribution in [3.8, 4) is 0 Å². The van der Waals surface area contributed by atoms with Gasteiger partial charge in [-0.15, -0.1) is 0 Å². The van der Waals surface area contributed by atoms with Gasteiger partial charge in [0.15, 0.2) is 9.84 Å². The summed E-state index contributed by atoms with van der Waals surface area (Å²) in [6, 6.07) is 0.841. The molecule has 3 unspecified atom stereocenters. The van der Waals surface area contributed by atoms with Crippen LogP contribution in [0.3, 0.4) is 0 Å². The van der Waals surface area contributed by atoms with Gasteiger partial charge < -0.3 is 5.32 Å². The quantitative estimate of drug-likeness (QED) is 0.765. The van der Waals surface area contributed by atoms with Gasteiger partial charge in [-0.3, -0.25) is 0 Å². The van der Waals surface area contributed by atoms with Crippen molar-refractivity contribution in [3.63, 3.8) is 0 Å². The molecule has 2 fully saturated rings. The molecule has 1 N–H and O–H groups in total. The second-order valence-electron chi connectivity index (χ2n) is 4.63. The standard InChI is InChI=1S/C10H19NO2S/c1-2-8-6-10(8)11-9-4-3-5-14(12,13)7-9/h8-11H,2-7H2,1H3. The van der Waals surface area contributed by atoms with Gasteiger partial charge in [0, 0.05) is 12.1 Å². The molecule has 0 aromatic rings. The lowest BCUT2D eigenvalue weighted by Gasteiger charge is -2.23. The molecular formula is C10H19NO2S. The van der Waals surface area contributed by atoms with Gasteiger partial charge in [0.1, 0.15) is 0 Å². The van der Waals surface area contributed by atoms with E-state index >= 15 is 0 Å². The van der Waals surface area contributed by atoms with Crippen molar-refractivity contribution in [2.45, 2.75) is 44.7 Å². The Morgan fingerprint density at radius 1 is 1.43 bits per heavy atom. The van der Waals surface area contributed by atoms with E-state index in [1.807, 2.05) is 0 Å². The molecule has 0 amide bonds. The predicted molar refractivity (Wildman–Crippen MR) is 57.0 cm³/mol. The maximum atomic E-state index is 11.4. The Hall–Kier alpha value is -0.0900. The Morgan fingerprint density at radius 2 is 2.21 bits per heavy atom. The first-order valence-corrected chi connectivity index (χ1v) is 7.39. The van der Waals surface area contributed by atoms with Crippen LogP contribution in [0.2, 0.25) is 0 Å². The summed E-state index contributed by atoms with van der Waals surface area (Å²) in [5.41, 5.74) is 0. The van der Waals surface area contributed by atoms with Gasteiger partial charge in [-0.25, -0.2) is 8.42 Å². The second-order valence-corrected chi connectivity index (χ2v) is 6.86. The van der Waals surface area contributed by atoms with Gasteiger partial charge in [0.05, 0.1) is 11.5 Å². The average molecular weight is 217 g/mol. The van der Waals surface area contributed by atoms with Crippen molar-refractivity contribution in [1.82, 2.24) is 5.32 Å². The summed E-state index contributed by atoms with van der Waals surface area (Å²) >= 11 is 0. The van der Waals surface area contributed by atoms with E-state index in [4.69, 9.17) is 0 Å². The summed E-state index contributed by atoms with van der Waals surface area (Å²) in [4.78, 5) is 0. The number of hydrogen-bond acceptors (Lipinski definition) is 3. The topological polar surface area (TPSA) is 46.2 Å². The van der Waals surface area contributed by atoms with Gasteiger partial charge in [-0.05, 0) is 25.2 Å². The minimum atomic E-state index is -2.74. The average Bonchev–Trinajstić information content (AvgIpc) is 2.81. The van der Waals surface area contributed by atoms with Crippen molar-refractivity contribution in [2.24, 2.45) is 5.92 Å². The molecule has 82 valence electrons. The summed E-state index contributed by atoms with van der Waals surface area (Å²) in [5, 5.41) is 3.47. The molecule has 4 heteroatoms. The fourth-order valence-corrected chi connectivity index (χ4v) is 4.01. The van der Waals surface area contributed by atoms with Crippen LogP contribution in [-0.2, 0) is 9.84 Å². The fraction of sp³-hybridized carbons (Fsp3) is 1.00. The largest absolute Gasteiger partial charge is 0.310 e. The molecule has 3 atom stereocenters. The molecule has 0 aromatic carbocycles. The SMILES string of the molecule is CCC1CC1NC1CCCS(=O)(=O)C1. The molecule has 1 aliphatic heterocycles. The van der Waals surface area contributed by atoms with Gasteiger partial charge in [-0.1, -0.05) is 13.3 Å². The van der Waals surface area contributed by atoms with Crippen LogP contribution in [0.5, 0.6) is 0 Å². The molecule has 0 aromatic heterocycles. The van der Waals surface area contributed by atoms with Crippen LogP contribution >= 0.6 is 0 Å². The Morgan fingerprint density at radius 3 is 2.79 bits per heavy atom. The highest BCUT2D eigenvalue weighted by Crippen LogP contribution is 2.34. The molecular weight excluding hydrogens is 198 g/mol. The maximum Gasteiger partial charge on any atom is 0.151 e. The summed E-state index contributed by atoms with van der Waals surface area (Å²) in [5.74, 6) is 1.56. The zero-order chi connectivity index (χ0) is 10.2. The van der Waals surface area contributed by atoms with Gasteiger partial charge in [0.25, 0.3) is 0 Å². The molecule has 2 rings (SSSR count). The minimum absolute atomic E-state index is 0.232. The van der Waals surface area contributed by atoms with E-state index in [1.165, 1.54) is 12.8 Å². The number of nitrogens with one attached hydrogen (secondary N) is 1. The van der Waals surface area contributed by atoms with Crippen molar-refractivity contribution in [1.29, 1.82) is 0 Å². The third-order valence-corrected chi connectivity index (χ3v) is 5.18. The Bertz CT molecular complexity index is 299. The van der Waals surface area contributed by atoms with Crippen molar-refractivity contribution >= 4 is 9.84 Å². The second kappa shape index (κ2) is 3.81. The van der Waals surface area contributed by atoms with Crippen molar-refractivity contribution < 1.29 is 8.42 Å². The van der Waals surface area contributed by atoms with Crippen molar-refractivity contribution in [3.05, 3.63) is 0 Å². The van der Waals surface area contributed by atoms with E-state index in [-0.39, 0.29) is 6.04 Å². The number of hydrogen-bond donors (Lipinski definition) is 1. The van der Waals surface area contributed by atoms with E-state index in [1.54, 1.807) is 0 Å². The molecule has 0 bridgehead atoms. The lowest BCUT2D eigenvalue weighted by Crippen LogP contribution is -2.41. The molecule has 1 heterocycles. The van der Waals surface area contributed by atoms with Crippen molar-refractivity contribution in [2.75, 3.05) is 11.5 Å². The van der Waals surface area contributed by atoms with Crippen LogP contribution in [0.4, 0.5) is 0 Å². The van der Waals surface area contributed by atoms with Gasteiger partial charge >= 0.3 is 0 Å². The highest BCUT2D eigenvalue weighted by molar-refractivity contribution is 7.91. The maximum absolute atomic E-state index is 11.4. The summed E-state index contributed by atoms with van der Waals surface area (Å²) < 4.78 is 22.7. The van der Waals surface area contributed by atoms with Crippen LogP contribution in [0.25, 0.3) is 0 Å². The number of rotatable bonds is 3. The van der Waals surface area contributed by atoms with E-state index in [2.05, 4.69) is 12.2 Å². The Balaban J connectivity index is 1.82. The smallest absolute Gasteiger partial charge is 0.151 e. The highest BCUT2D eigenvalue weighted by Gasteiger charge is 2.38. The lowest BCUT2D eigenvalue weighted by atomic mass is 10.2. The molecule has 3 nitrogen and oxygen atoms in total. The first-order chi connectivity index (χ1) is 6.61. The Labute approximate surface area is 86.2 Å². The molecule has 1 saturated carbocycles. The van der Waals surface area contributed by atoms with E-state index < -0.39 is 9.84 Å². The van der Waals surface area contributed by atoms with Crippen LogP contribution in [0.15, 0.2) is 0 Å². The first kappa shape index (κ1) is 10.4. The van der Waals surface area contributed by atoms with Gasteiger partial charge in [0.2, 0.25) is 0 Å². The zero-order valence-corrected chi connectivity index (χ0v) is 9.52. The highest BCUT2D eigenvalue weighted by atomic mass is 32.2. The summed E-state index contributed by atoms with van der Waals surface area (Å²) in [7, 11) is -2.74. The Kier molecular flexibility index (Phi) is 2.84. The predicted octanol–water partition coefficient (Wildman–Crippen LogP) is 0.952. The molecule has 1 aliphatic carbocycles. The molecule has 2 aliphatic rings. The van der Waals surface area contributed by atoms with E-state index in [0.29, 0.717) is 17.5 Å². The monoisotopic (exact) mass is 217 g/mol. The normalized spacial score (nSPS) is 40.8. The molecule has 0 spiro atoms. The van der Waals surface area contributed by atoms with E-state index in [0.717, 1.165) is 18.8 Å². The number of sulfone groups is 1. The van der Waals surface area contributed by atoms with Crippen LogP contribution in [-0.4, -0.2) is 32.0 Å². The molecule has 14 heavy (non-hydrogen) atoms.